The van der Waals surface area contributed by atoms with E-state index in [1.54, 1.807) is 7.11 Å². The lowest BCUT2D eigenvalue weighted by Crippen LogP contribution is -2.34. The second-order valence-electron chi connectivity index (χ2n) is 6.34. The molecule has 1 fully saturated rings. The lowest BCUT2D eigenvalue weighted by Gasteiger charge is -2.26. The first-order valence-corrected chi connectivity index (χ1v) is 8.15. The van der Waals surface area contributed by atoms with Crippen molar-refractivity contribution in [2.45, 2.75) is 33.2 Å². The van der Waals surface area contributed by atoms with E-state index >= 15 is 0 Å². The fourth-order valence-corrected chi connectivity index (χ4v) is 3.36. The SMILES string of the molecule is CCNC(CN1CCC(COC)C1)c1cc(C)ccc1C. The largest absolute Gasteiger partial charge is 0.384 e. The Hall–Kier alpha value is -0.900. The summed E-state index contributed by atoms with van der Waals surface area (Å²) in [6.07, 6.45) is 1.26. The van der Waals surface area contributed by atoms with Crippen molar-refractivity contribution in [3.8, 4) is 0 Å². The highest BCUT2D eigenvalue weighted by atomic mass is 16.5. The molecule has 1 aliphatic heterocycles. The summed E-state index contributed by atoms with van der Waals surface area (Å²) in [7, 11) is 1.81. The van der Waals surface area contributed by atoms with Gasteiger partial charge in [0.1, 0.15) is 0 Å². The Bertz CT molecular complexity index is 447. The summed E-state index contributed by atoms with van der Waals surface area (Å²) >= 11 is 0. The van der Waals surface area contributed by atoms with Crippen LogP contribution < -0.4 is 5.32 Å². The lowest BCUT2D eigenvalue weighted by molar-refractivity contribution is 0.152. The molecule has 0 bridgehead atoms. The molecule has 2 atom stereocenters. The van der Waals surface area contributed by atoms with Gasteiger partial charge in [-0.25, -0.2) is 0 Å². The number of aryl methyl sites for hydroxylation is 2. The molecular formula is C18H30N2O. The van der Waals surface area contributed by atoms with E-state index in [9.17, 15) is 0 Å². The van der Waals surface area contributed by atoms with Crippen LogP contribution in [0.3, 0.4) is 0 Å². The molecule has 3 heteroatoms. The standard InChI is InChI=1S/C18H30N2O/c1-5-19-18(17-10-14(2)6-7-15(17)3)12-20-9-8-16(11-20)13-21-4/h6-7,10,16,18-19H,5,8-9,11-13H2,1-4H3. The third kappa shape index (κ3) is 4.53. The molecule has 1 N–H and O–H groups in total. The number of rotatable bonds is 7. The topological polar surface area (TPSA) is 24.5 Å². The molecule has 1 aromatic carbocycles. The molecular weight excluding hydrogens is 260 g/mol. The number of ether oxygens (including phenoxy) is 1. The van der Waals surface area contributed by atoms with Gasteiger partial charge in [-0.2, -0.15) is 0 Å². The van der Waals surface area contributed by atoms with Crippen molar-refractivity contribution in [3.63, 3.8) is 0 Å². The zero-order valence-electron chi connectivity index (χ0n) is 14.0. The van der Waals surface area contributed by atoms with E-state index in [2.05, 4.69) is 49.2 Å². The molecule has 2 unspecified atom stereocenters. The number of likely N-dealkylation sites (tertiary alicyclic amines) is 1. The number of nitrogens with one attached hydrogen (secondary N) is 1. The van der Waals surface area contributed by atoms with Crippen LogP contribution in [0, 0.1) is 19.8 Å². The van der Waals surface area contributed by atoms with E-state index in [0.717, 1.165) is 19.7 Å². The molecule has 0 aromatic heterocycles. The summed E-state index contributed by atoms with van der Waals surface area (Å²) in [5.74, 6) is 0.705. The molecule has 1 heterocycles. The summed E-state index contributed by atoms with van der Waals surface area (Å²) in [5, 5.41) is 3.67. The fraction of sp³-hybridized carbons (Fsp3) is 0.667. The van der Waals surface area contributed by atoms with Gasteiger partial charge in [0.15, 0.2) is 0 Å². The summed E-state index contributed by atoms with van der Waals surface area (Å²) in [5.41, 5.74) is 4.18. The molecule has 0 spiro atoms. The molecule has 1 aliphatic rings. The zero-order chi connectivity index (χ0) is 15.2. The van der Waals surface area contributed by atoms with Crippen LogP contribution in [-0.2, 0) is 4.74 Å². The lowest BCUT2D eigenvalue weighted by atomic mass is 9.98. The highest BCUT2D eigenvalue weighted by molar-refractivity contribution is 5.33. The van der Waals surface area contributed by atoms with Gasteiger partial charge in [0, 0.05) is 26.2 Å². The minimum Gasteiger partial charge on any atom is -0.384 e. The van der Waals surface area contributed by atoms with Crippen LogP contribution >= 0.6 is 0 Å². The van der Waals surface area contributed by atoms with Crippen molar-refractivity contribution >= 4 is 0 Å². The summed E-state index contributed by atoms with van der Waals surface area (Å²) in [6, 6.07) is 7.21. The number of hydrogen-bond donors (Lipinski definition) is 1. The van der Waals surface area contributed by atoms with Crippen molar-refractivity contribution in [2.24, 2.45) is 5.92 Å². The average molecular weight is 290 g/mol. The summed E-state index contributed by atoms with van der Waals surface area (Å²) < 4.78 is 5.30. The van der Waals surface area contributed by atoms with E-state index in [1.807, 2.05) is 0 Å². The van der Waals surface area contributed by atoms with Gasteiger partial charge in [-0.3, -0.25) is 0 Å². The van der Waals surface area contributed by atoms with Crippen molar-refractivity contribution < 1.29 is 4.74 Å². The molecule has 0 saturated carbocycles. The normalized spacial score (nSPS) is 20.9. The Balaban J connectivity index is 2.04. The monoisotopic (exact) mass is 290 g/mol. The quantitative estimate of drug-likeness (QED) is 0.835. The third-order valence-electron chi connectivity index (χ3n) is 4.47. The van der Waals surface area contributed by atoms with Crippen molar-refractivity contribution in [2.75, 3.05) is 39.9 Å². The van der Waals surface area contributed by atoms with Gasteiger partial charge in [0.05, 0.1) is 6.61 Å². The van der Waals surface area contributed by atoms with Crippen LogP contribution in [0.5, 0.6) is 0 Å². The molecule has 1 saturated heterocycles. The number of likely N-dealkylation sites (N-methyl/N-ethyl adjacent to an activating group) is 1. The number of benzene rings is 1. The van der Waals surface area contributed by atoms with Gasteiger partial charge in [0.25, 0.3) is 0 Å². The Morgan fingerprint density at radius 3 is 2.90 bits per heavy atom. The molecule has 118 valence electrons. The highest BCUT2D eigenvalue weighted by Gasteiger charge is 2.25. The zero-order valence-corrected chi connectivity index (χ0v) is 14.0. The van der Waals surface area contributed by atoms with Crippen LogP contribution in [-0.4, -0.2) is 44.8 Å². The Kier molecular flexibility index (Phi) is 6.22. The first-order chi connectivity index (χ1) is 10.1. The Morgan fingerprint density at radius 2 is 2.19 bits per heavy atom. The van der Waals surface area contributed by atoms with E-state index < -0.39 is 0 Å². The number of nitrogens with zero attached hydrogens (tertiary/aromatic N) is 1. The van der Waals surface area contributed by atoms with E-state index in [-0.39, 0.29) is 0 Å². The van der Waals surface area contributed by atoms with Crippen LogP contribution in [0.4, 0.5) is 0 Å². The number of hydrogen-bond acceptors (Lipinski definition) is 3. The first-order valence-electron chi connectivity index (χ1n) is 8.15. The van der Waals surface area contributed by atoms with E-state index in [4.69, 9.17) is 4.74 Å². The molecule has 0 aliphatic carbocycles. The maximum Gasteiger partial charge on any atom is 0.0503 e. The highest BCUT2D eigenvalue weighted by Crippen LogP contribution is 2.24. The predicted octanol–water partition coefficient (Wildman–Crippen LogP) is 2.92. The maximum atomic E-state index is 5.30. The summed E-state index contributed by atoms with van der Waals surface area (Å²) in [6.45, 7) is 11.9. The molecule has 3 nitrogen and oxygen atoms in total. The van der Waals surface area contributed by atoms with Gasteiger partial charge in [-0.15, -0.1) is 0 Å². The first kappa shape index (κ1) is 16.5. The van der Waals surface area contributed by atoms with E-state index in [1.165, 1.54) is 36.2 Å². The molecule has 2 rings (SSSR count). The van der Waals surface area contributed by atoms with Crippen molar-refractivity contribution in [1.82, 2.24) is 10.2 Å². The summed E-state index contributed by atoms with van der Waals surface area (Å²) in [4.78, 5) is 2.58. The fourth-order valence-electron chi connectivity index (χ4n) is 3.36. The minimum atomic E-state index is 0.427. The van der Waals surface area contributed by atoms with Crippen LogP contribution in [0.15, 0.2) is 18.2 Å². The van der Waals surface area contributed by atoms with Gasteiger partial charge in [0.2, 0.25) is 0 Å². The van der Waals surface area contributed by atoms with E-state index in [0.29, 0.717) is 12.0 Å². The van der Waals surface area contributed by atoms with Gasteiger partial charge >= 0.3 is 0 Å². The van der Waals surface area contributed by atoms with Crippen LogP contribution in [0.1, 0.15) is 36.1 Å². The van der Waals surface area contributed by atoms with Crippen molar-refractivity contribution in [3.05, 3.63) is 34.9 Å². The Labute approximate surface area is 129 Å². The second-order valence-corrected chi connectivity index (χ2v) is 6.34. The minimum absolute atomic E-state index is 0.427. The smallest absolute Gasteiger partial charge is 0.0503 e. The predicted molar refractivity (Wildman–Crippen MR) is 88.8 cm³/mol. The average Bonchev–Trinajstić information content (AvgIpc) is 2.89. The Morgan fingerprint density at radius 1 is 1.38 bits per heavy atom. The molecule has 0 radical (unpaired) electrons. The molecule has 0 amide bonds. The number of methoxy groups -OCH3 is 1. The second kappa shape index (κ2) is 7.92. The van der Waals surface area contributed by atoms with Crippen molar-refractivity contribution in [1.29, 1.82) is 0 Å². The maximum absolute atomic E-state index is 5.30. The molecule has 1 aromatic rings. The van der Waals surface area contributed by atoms with Crippen LogP contribution in [0.25, 0.3) is 0 Å². The van der Waals surface area contributed by atoms with Gasteiger partial charge in [-0.05, 0) is 50.4 Å². The van der Waals surface area contributed by atoms with Crippen LogP contribution in [0.2, 0.25) is 0 Å². The molecule has 21 heavy (non-hydrogen) atoms. The van der Waals surface area contributed by atoms with Gasteiger partial charge in [-0.1, -0.05) is 30.7 Å². The van der Waals surface area contributed by atoms with Gasteiger partial charge < -0.3 is 15.0 Å². The third-order valence-corrected chi connectivity index (χ3v) is 4.47.